The third kappa shape index (κ3) is 3.16. The molecule has 0 radical (unpaired) electrons. The molecule has 2 aromatic rings. The van der Waals surface area contributed by atoms with E-state index in [1.807, 2.05) is 6.07 Å². The molecule has 3 nitrogen and oxygen atoms in total. The van der Waals surface area contributed by atoms with Crippen LogP contribution in [0.3, 0.4) is 0 Å². The number of hydrogen-bond donors (Lipinski definition) is 1. The van der Waals surface area contributed by atoms with Crippen LogP contribution in [0.4, 0.5) is 10.1 Å². The van der Waals surface area contributed by atoms with Gasteiger partial charge in [-0.1, -0.05) is 11.6 Å². The van der Waals surface area contributed by atoms with Crippen LogP contribution in [0.5, 0.6) is 0 Å². The Morgan fingerprint density at radius 1 is 1.30 bits per heavy atom. The highest BCUT2D eigenvalue weighted by atomic mass is 35.5. The minimum absolute atomic E-state index is 0.0203. The molecule has 1 atom stereocenters. The maximum absolute atomic E-state index is 13.2. The van der Waals surface area contributed by atoms with Gasteiger partial charge in [0.05, 0.1) is 33.1 Å². The molecule has 0 aromatic heterocycles. The number of rotatable bonds is 3. The highest BCUT2D eigenvalue weighted by Gasteiger charge is 2.12. The van der Waals surface area contributed by atoms with E-state index in [1.165, 1.54) is 24.3 Å². The molecule has 0 spiro atoms. The molecule has 0 aliphatic carbocycles. The standard InChI is InChI=1S/C14H10ClFN2OS/c15-11-2-4-14(13(18)6-11)20(19)8-10-5-12(16)3-1-9(10)7-17/h1-6H,8,18H2. The van der Waals surface area contributed by atoms with Crippen LogP contribution in [0.15, 0.2) is 41.3 Å². The van der Waals surface area contributed by atoms with Gasteiger partial charge in [0.25, 0.3) is 0 Å². The Labute approximate surface area is 123 Å². The van der Waals surface area contributed by atoms with Crippen molar-refractivity contribution in [3.05, 3.63) is 58.4 Å². The second kappa shape index (κ2) is 6.04. The number of nitriles is 1. The predicted molar refractivity (Wildman–Crippen MR) is 77.1 cm³/mol. The molecule has 0 heterocycles. The molecule has 0 saturated carbocycles. The van der Waals surface area contributed by atoms with Crippen molar-refractivity contribution in [1.29, 1.82) is 5.26 Å². The van der Waals surface area contributed by atoms with E-state index in [-0.39, 0.29) is 5.75 Å². The van der Waals surface area contributed by atoms with Crippen LogP contribution in [0.2, 0.25) is 5.02 Å². The van der Waals surface area contributed by atoms with Crippen LogP contribution in [-0.2, 0) is 16.6 Å². The Hall–Kier alpha value is -1.90. The first-order chi connectivity index (χ1) is 9.51. The third-order valence-corrected chi connectivity index (χ3v) is 4.36. The summed E-state index contributed by atoms with van der Waals surface area (Å²) < 4.78 is 25.5. The van der Waals surface area contributed by atoms with Gasteiger partial charge in [0, 0.05) is 10.7 Å². The zero-order chi connectivity index (χ0) is 14.7. The van der Waals surface area contributed by atoms with Gasteiger partial charge in [-0.2, -0.15) is 5.26 Å². The van der Waals surface area contributed by atoms with Crippen LogP contribution >= 0.6 is 11.6 Å². The second-order valence-corrected chi connectivity index (χ2v) is 5.94. The molecule has 0 amide bonds. The van der Waals surface area contributed by atoms with E-state index in [9.17, 15) is 8.60 Å². The maximum Gasteiger partial charge on any atom is 0.123 e. The van der Waals surface area contributed by atoms with Gasteiger partial charge in [-0.25, -0.2) is 4.39 Å². The van der Waals surface area contributed by atoms with E-state index in [1.54, 1.807) is 12.1 Å². The molecular formula is C14H10ClFN2OS. The van der Waals surface area contributed by atoms with Gasteiger partial charge < -0.3 is 5.73 Å². The largest absolute Gasteiger partial charge is 0.398 e. The Bertz CT molecular complexity index is 728. The van der Waals surface area contributed by atoms with Crippen LogP contribution < -0.4 is 5.73 Å². The molecule has 102 valence electrons. The van der Waals surface area contributed by atoms with Crippen LogP contribution in [0.25, 0.3) is 0 Å². The van der Waals surface area contributed by atoms with Crippen molar-refractivity contribution in [3.63, 3.8) is 0 Å². The molecule has 2 rings (SSSR count). The zero-order valence-corrected chi connectivity index (χ0v) is 11.8. The van der Waals surface area contributed by atoms with Crippen LogP contribution in [0.1, 0.15) is 11.1 Å². The van der Waals surface area contributed by atoms with E-state index in [0.717, 1.165) is 0 Å². The van der Waals surface area contributed by atoms with Crippen molar-refractivity contribution in [2.45, 2.75) is 10.6 Å². The first-order valence-corrected chi connectivity index (χ1v) is 7.33. The van der Waals surface area contributed by atoms with Gasteiger partial charge in [-0.3, -0.25) is 4.21 Å². The summed E-state index contributed by atoms with van der Waals surface area (Å²) in [6.45, 7) is 0. The number of nitrogens with two attached hydrogens (primary N) is 1. The quantitative estimate of drug-likeness (QED) is 0.885. The zero-order valence-electron chi connectivity index (χ0n) is 10.3. The number of hydrogen-bond acceptors (Lipinski definition) is 3. The molecule has 2 aromatic carbocycles. The average molecular weight is 309 g/mol. The Balaban J connectivity index is 2.33. The van der Waals surface area contributed by atoms with Gasteiger partial charge in [0.1, 0.15) is 5.82 Å². The van der Waals surface area contributed by atoms with Gasteiger partial charge in [-0.05, 0) is 42.0 Å². The molecule has 0 fully saturated rings. The monoisotopic (exact) mass is 308 g/mol. The van der Waals surface area contributed by atoms with Gasteiger partial charge in [0.15, 0.2) is 0 Å². The van der Waals surface area contributed by atoms with E-state index >= 15 is 0 Å². The summed E-state index contributed by atoms with van der Waals surface area (Å²) in [4.78, 5) is 0.419. The normalized spacial score (nSPS) is 11.8. The fourth-order valence-electron chi connectivity index (χ4n) is 1.74. The van der Waals surface area contributed by atoms with Gasteiger partial charge >= 0.3 is 0 Å². The van der Waals surface area contributed by atoms with E-state index in [2.05, 4.69) is 0 Å². The summed E-state index contributed by atoms with van der Waals surface area (Å²) in [6.07, 6.45) is 0. The van der Waals surface area contributed by atoms with Crippen molar-refractivity contribution >= 4 is 28.1 Å². The summed E-state index contributed by atoms with van der Waals surface area (Å²) in [5, 5.41) is 9.42. The Morgan fingerprint density at radius 3 is 2.70 bits per heavy atom. The molecule has 6 heteroatoms. The van der Waals surface area contributed by atoms with Gasteiger partial charge in [0.2, 0.25) is 0 Å². The highest BCUT2D eigenvalue weighted by Crippen LogP contribution is 2.24. The average Bonchev–Trinajstić information content (AvgIpc) is 2.38. The molecule has 0 bridgehead atoms. The number of halogens is 2. The molecule has 0 aliphatic rings. The summed E-state index contributed by atoms with van der Waals surface area (Å²) in [7, 11) is -1.48. The molecule has 2 N–H and O–H groups in total. The molecule has 20 heavy (non-hydrogen) atoms. The third-order valence-electron chi connectivity index (χ3n) is 2.69. The van der Waals surface area contributed by atoms with E-state index in [4.69, 9.17) is 22.6 Å². The van der Waals surface area contributed by atoms with Crippen molar-refractivity contribution in [2.24, 2.45) is 0 Å². The number of nitrogens with zero attached hydrogens (tertiary/aromatic N) is 1. The number of anilines is 1. The Morgan fingerprint density at radius 2 is 2.05 bits per heavy atom. The first-order valence-electron chi connectivity index (χ1n) is 5.63. The summed E-state index contributed by atoms with van der Waals surface area (Å²) >= 11 is 5.78. The highest BCUT2D eigenvalue weighted by molar-refractivity contribution is 7.84. The lowest BCUT2D eigenvalue weighted by molar-refractivity contribution is 0.626. The van der Waals surface area contributed by atoms with Crippen molar-refractivity contribution in [2.75, 3.05) is 5.73 Å². The first kappa shape index (κ1) is 14.5. The van der Waals surface area contributed by atoms with Crippen molar-refractivity contribution in [3.8, 4) is 6.07 Å². The summed E-state index contributed by atoms with van der Waals surface area (Å²) in [5.41, 5.74) is 6.76. The molecular weight excluding hydrogens is 299 g/mol. The second-order valence-electron chi connectivity index (χ2n) is 4.09. The van der Waals surface area contributed by atoms with Gasteiger partial charge in [-0.15, -0.1) is 0 Å². The lowest BCUT2D eigenvalue weighted by Gasteiger charge is -2.07. The lowest BCUT2D eigenvalue weighted by atomic mass is 10.1. The summed E-state index contributed by atoms with van der Waals surface area (Å²) in [6, 6.07) is 10.4. The summed E-state index contributed by atoms with van der Waals surface area (Å²) in [5.74, 6) is -0.452. The SMILES string of the molecule is N#Cc1ccc(F)cc1CS(=O)c1ccc(Cl)cc1N. The van der Waals surface area contributed by atoms with E-state index < -0.39 is 16.6 Å². The molecule has 0 aliphatic heterocycles. The fourth-order valence-corrected chi connectivity index (χ4v) is 3.14. The maximum atomic E-state index is 13.2. The van der Waals surface area contributed by atoms with Crippen LogP contribution in [0, 0.1) is 17.1 Å². The van der Waals surface area contributed by atoms with Crippen molar-refractivity contribution < 1.29 is 8.60 Å². The molecule has 0 saturated heterocycles. The fraction of sp³-hybridized carbons (Fsp3) is 0.0714. The minimum atomic E-state index is -1.48. The topological polar surface area (TPSA) is 66.9 Å². The lowest BCUT2D eigenvalue weighted by Crippen LogP contribution is -2.02. The smallest absolute Gasteiger partial charge is 0.123 e. The minimum Gasteiger partial charge on any atom is -0.398 e. The molecule has 1 unspecified atom stereocenters. The Kier molecular flexibility index (Phi) is 4.38. The predicted octanol–water partition coefficient (Wildman–Crippen LogP) is 3.24. The number of benzene rings is 2. The number of nitrogen functional groups attached to an aromatic ring is 1. The van der Waals surface area contributed by atoms with E-state index in [0.29, 0.717) is 26.7 Å². The van der Waals surface area contributed by atoms with Crippen LogP contribution in [-0.4, -0.2) is 4.21 Å². The van der Waals surface area contributed by atoms with Crippen molar-refractivity contribution in [1.82, 2.24) is 0 Å².